The summed E-state index contributed by atoms with van der Waals surface area (Å²) in [5, 5.41) is 15.3. The second-order valence-electron chi connectivity index (χ2n) is 11.6. The van der Waals surface area contributed by atoms with E-state index in [0.717, 1.165) is 49.7 Å². The minimum Gasteiger partial charge on any atom is -0.481 e. The van der Waals surface area contributed by atoms with Gasteiger partial charge in [-0.1, -0.05) is 69.2 Å². The minimum absolute atomic E-state index is 0.0859. The molecule has 7 nitrogen and oxygen atoms in total. The molecule has 1 saturated heterocycles. The van der Waals surface area contributed by atoms with Crippen molar-refractivity contribution in [2.45, 2.75) is 90.4 Å². The van der Waals surface area contributed by atoms with Crippen LogP contribution in [0.2, 0.25) is 0 Å². The van der Waals surface area contributed by atoms with Gasteiger partial charge in [0.1, 0.15) is 6.04 Å². The van der Waals surface area contributed by atoms with Crippen LogP contribution in [-0.2, 0) is 9.59 Å². The van der Waals surface area contributed by atoms with Crippen molar-refractivity contribution < 1.29 is 19.5 Å². The Morgan fingerprint density at radius 1 is 1.08 bits per heavy atom. The van der Waals surface area contributed by atoms with Gasteiger partial charge in [-0.2, -0.15) is 0 Å². The normalized spacial score (nSPS) is 23.8. The fraction of sp³-hybridized carbons (Fsp3) is 0.531. The Bertz CT molecular complexity index is 1150. The smallest absolute Gasteiger partial charge is 0.305 e. The average Bonchev–Trinajstić information content (AvgIpc) is 3.18. The molecular formula is C32H43N3O4. The summed E-state index contributed by atoms with van der Waals surface area (Å²) in [4.78, 5) is 39.7. The first-order chi connectivity index (χ1) is 18.6. The Kier molecular flexibility index (Phi) is 9.11. The molecule has 1 aliphatic carbocycles. The van der Waals surface area contributed by atoms with Crippen molar-refractivity contribution in [3.63, 3.8) is 0 Å². The Morgan fingerprint density at radius 3 is 2.28 bits per heavy atom. The molecule has 39 heavy (non-hydrogen) atoms. The first-order valence-corrected chi connectivity index (χ1v) is 14.4. The van der Waals surface area contributed by atoms with Crippen molar-refractivity contribution in [3.05, 3.63) is 70.8 Å². The maximum atomic E-state index is 14.3. The summed E-state index contributed by atoms with van der Waals surface area (Å²) in [5.41, 5.74) is 3.27. The van der Waals surface area contributed by atoms with Gasteiger partial charge in [0, 0.05) is 12.1 Å². The molecule has 0 radical (unpaired) electrons. The van der Waals surface area contributed by atoms with Crippen LogP contribution in [0.1, 0.15) is 105 Å². The molecule has 3 N–H and O–H groups in total. The van der Waals surface area contributed by atoms with E-state index in [1.165, 1.54) is 5.56 Å². The van der Waals surface area contributed by atoms with Gasteiger partial charge in [0.2, 0.25) is 5.91 Å². The van der Waals surface area contributed by atoms with Gasteiger partial charge in [-0.05, 0) is 74.1 Å². The van der Waals surface area contributed by atoms with E-state index >= 15 is 0 Å². The number of carboxylic acids is 1. The van der Waals surface area contributed by atoms with Crippen LogP contribution in [-0.4, -0.2) is 40.0 Å². The number of hydrogen-bond donors (Lipinski definition) is 3. The molecule has 2 aliphatic rings. The van der Waals surface area contributed by atoms with Gasteiger partial charge in [0.05, 0.1) is 18.1 Å². The van der Waals surface area contributed by atoms with Crippen LogP contribution in [0.4, 0.5) is 0 Å². The number of carboxylic acid groups (broad SMARTS) is 1. The van der Waals surface area contributed by atoms with Gasteiger partial charge in [0.25, 0.3) is 5.91 Å². The zero-order valence-corrected chi connectivity index (χ0v) is 23.7. The van der Waals surface area contributed by atoms with Crippen LogP contribution in [0.15, 0.2) is 48.5 Å². The number of nitrogens with one attached hydrogen (secondary N) is 2. The number of carbonyl (C=O) groups is 3. The largest absolute Gasteiger partial charge is 0.481 e. The number of rotatable bonds is 10. The molecule has 210 valence electrons. The third-order valence-corrected chi connectivity index (χ3v) is 8.63. The van der Waals surface area contributed by atoms with Crippen molar-refractivity contribution >= 4 is 17.8 Å². The van der Waals surface area contributed by atoms with Crippen LogP contribution in [0, 0.1) is 18.8 Å². The molecular weight excluding hydrogens is 490 g/mol. The zero-order valence-electron chi connectivity index (χ0n) is 23.7. The van der Waals surface area contributed by atoms with E-state index in [1.54, 1.807) is 12.1 Å². The quantitative estimate of drug-likeness (QED) is 0.361. The molecule has 1 heterocycles. The highest BCUT2D eigenvalue weighted by atomic mass is 16.4. The summed E-state index contributed by atoms with van der Waals surface area (Å²) in [6, 6.07) is 15.2. The summed E-state index contributed by atoms with van der Waals surface area (Å²) < 4.78 is 0. The topological polar surface area (TPSA) is 98.7 Å². The van der Waals surface area contributed by atoms with E-state index in [4.69, 9.17) is 5.11 Å². The number of amides is 2. The first-order valence-electron chi connectivity index (χ1n) is 14.4. The van der Waals surface area contributed by atoms with Crippen LogP contribution >= 0.6 is 0 Å². The average molecular weight is 534 g/mol. The lowest BCUT2D eigenvalue weighted by Crippen LogP contribution is -2.55. The van der Waals surface area contributed by atoms with Gasteiger partial charge in [-0.15, -0.1) is 0 Å². The zero-order chi connectivity index (χ0) is 28.2. The Hall–Kier alpha value is -3.19. The third-order valence-electron chi connectivity index (χ3n) is 8.63. The van der Waals surface area contributed by atoms with Crippen molar-refractivity contribution in [1.29, 1.82) is 0 Å². The molecule has 2 aromatic carbocycles. The highest BCUT2D eigenvalue weighted by Gasteiger charge is 2.54. The monoisotopic (exact) mass is 533 g/mol. The number of hydrogen-bond acceptors (Lipinski definition) is 4. The Morgan fingerprint density at radius 2 is 1.72 bits per heavy atom. The lowest BCUT2D eigenvalue weighted by atomic mass is 9.75. The van der Waals surface area contributed by atoms with Gasteiger partial charge in [-0.3, -0.25) is 19.7 Å². The fourth-order valence-corrected chi connectivity index (χ4v) is 6.32. The van der Waals surface area contributed by atoms with E-state index in [1.807, 2.05) is 12.1 Å². The molecule has 1 aliphatic heterocycles. The summed E-state index contributed by atoms with van der Waals surface area (Å²) >= 11 is 0. The van der Waals surface area contributed by atoms with Crippen molar-refractivity contribution in [2.24, 2.45) is 11.8 Å². The maximum Gasteiger partial charge on any atom is 0.305 e. The van der Waals surface area contributed by atoms with Crippen molar-refractivity contribution in [3.8, 4) is 0 Å². The standard InChI is InChI=1S/C32H43N3O4/c1-5-6-27(24-11-13-26(14-12-24)30(38)33-20-17-28(36)37)35-31(39)29(25-9-7-22(4)8-10-25)34-32(35)18-15-23(16-19-32)21(2)3/h7-14,21,23,27,29,34H,5-6,15-20H2,1-4H3,(H,33,38)(H,36,37). The molecule has 2 aromatic rings. The van der Waals surface area contributed by atoms with Crippen molar-refractivity contribution in [1.82, 2.24) is 15.5 Å². The highest BCUT2D eigenvalue weighted by molar-refractivity contribution is 5.94. The molecule has 2 unspecified atom stereocenters. The number of nitrogens with zero attached hydrogens (tertiary/aromatic N) is 1. The van der Waals surface area contributed by atoms with E-state index in [2.05, 4.69) is 67.5 Å². The molecule has 2 atom stereocenters. The predicted octanol–water partition coefficient (Wildman–Crippen LogP) is 5.76. The molecule has 2 amide bonds. The molecule has 1 saturated carbocycles. The van der Waals surface area contributed by atoms with Crippen LogP contribution < -0.4 is 10.6 Å². The third kappa shape index (κ3) is 6.35. The highest BCUT2D eigenvalue weighted by Crippen LogP contribution is 2.48. The van der Waals surface area contributed by atoms with Gasteiger partial charge in [0.15, 0.2) is 0 Å². The second kappa shape index (κ2) is 12.3. The lowest BCUT2D eigenvalue weighted by Gasteiger charge is -2.47. The first kappa shape index (κ1) is 28.8. The number of carbonyl (C=O) groups excluding carboxylic acids is 2. The Balaban J connectivity index is 1.64. The van der Waals surface area contributed by atoms with Gasteiger partial charge >= 0.3 is 5.97 Å². The molecule has 0 bridgehead atoms. The van der Waals surface area contributed by atoms with E-state index in [-0.39, 0.29) is 36.9 Å². The van der Waals surface area contributed by atoms with E-state index in [9.17, 15) is 14.4 Å². The maximum absolute atomic E-state index is 14.3. The Labute approximate surface area is 232 Å². The van der Waals surface area contributed by atoms with E-state index in [0.29, 0.717) is 17.4 Å². The molecule has 1 spiro atoms. The van der Waals surface area contributed by atoms with Gasteiger partial charge < -0.3 is 15.3 Å². The van der Waals surface area contributed by atoms with Gasteiger partial charge in [-0.25, -0.2) is 0 Å². The molecule has 2 fully saturated rings. The number of benzene rings is 2. The van der Waals surface area contributed by atoms with Crippen LogP contribution in [0.25, 0.3) is 0 Å². The summed E-state index contributed by atoms with van der Waals surface area (Å²) in [7, 11) is 0. The fourth-order valence-electron chi connectivity index (χ4n) is 6.32. The van der Waals surface area contributed by atoms with Crippen molar-refractivity contribution in [2.75, 3.05) is 6.54 Å². The lowest BCUT2D eigenvalue weighted by molar-refractivity contribution is -0.138. The minimum atomic E-state index is -0.947. The second-order valence-corrected chi connectivity index (χ2v) is 11.6. The molecule has 4 rings (SSSR count). The molecule has 7 heteroatoms. The molecule has 0 aromatic heterocycles. The summed E-state index contributed by atoms with van der Waals surface area (Å²) in [5.74, 6) is 0.169. The van der Waals surface area contributed by atoms with E-state index < -0.39 is 11.6 Å². The number of aryl methyl sites for hydroxylation is 1. The number of aliphatic carboxylic acids is 1. The SMILES string of the molecule is CCCC(c1ccc(C(=O)NCCC(=O)O)cc1)N1C(=O)C(c2ccc(C)cc2)NC12CCC(C(C)C)CC2. The predicted molar refractivity (Wildman–Crippen MR) is 152 cm³/mol. The van der Waals surface area contributed by atoms with Crippen LogP contribution in [0.3, 0.4) is 0 Å². The summed E-state index contributed by atoms with van der Waals surface area (Å²) in [6.45, 7) is 8.87. The van der Waals surface area contributed by atoms with Crippen LogP contribution in [0.5, 0.6) is 0 Å². The summed E-state index contributed by atoms with van der Waals surface area (Å²) in [6.07, 6.45) is 5.66.